The molecule has 2 unspecified atom stereocenters. The summed E-state index contributed by atoms with van der Waals surface area (Å²) in [5.74, 6) is 1.60. The minimum atomic E-state index is -0.0821. The van der Waals surface area contributed by atoms with Crippen molar-refractivity contribution in [3.63, 3.8) is 0 Å². The standard InChI is InChI=1S/C14H27NOS/c1-10-7-11(2)9-12(8-10)16-6-5-14(3,4)13(15)17/h10-12H,5-9H2,1-4H3,(H2,15,17). The lowest BCUT2D eigenvalue weighted by Gasteiger charge is -2.32. The van der Waals surface area contributed by atoms with Crippen molar-refractivity contribution in [2.45, 2.75) is 59.5 Å². The molecule has 0 amide bonds. The zero-order chi connectivity index (χ0) is 13.1. The molecule has 2 N–H and O–H groups in total. The Labute approximate surface area is 111 Å². The first kappa shape index (κ1) is 14.9. The molecule has 0 aliphatic heterocycles. The van der Waals surface area contributed by atoms with E-state index in [-0.39, 0.29) is 5.41 Å². The first-order valence-electron chi connectivity index (χ1n) is 6.72. The maximum atomic E-state index is 5.99. The van der Waals surface area contributed by atoms with E-state index in [1.165, 1.54) is 19.3 Å². The minimum Gasteiger partial charge on any atom is -0.393 e. The molecule has 1 rings (SSSR count). The van der Waals surface area contributed by atoms with Gasteiger partial charge in [0, 0.05) is 12.0 Å². The van der Waals surface area contributed by atoms with Crippen LogP contribution in [0.25, 0.3) is 0 Å². The van der Waals surface area contributed by atoms with Crippen LogP contribution in [0.5, 0.6) is 0 Å². The van der Waals surface area contributed by atoms with Crippen molar-refractivity contribution in [1.29, 1.82) is 0 Å². The van der Waals surface area contributed by atoms with E-state index >= 15 is 0 Å². The predicted molar refractivity (Wildman–Crippen MR) is 77.1 cm³/mol. The van der Waals surface area contributed by atoms with Crippen LogP contribution in [0, 0.1) is 17.3 Å². The molecule has 0 aromatic carbocycles. The third-order valence-electron chi connectivity index (χ3n) is 3.88. The molecule has 0 spiro atoms. The minimum absolute atomic E-state index is 0.0821. The summed E-state index contributed by atoms with van der Waals surface area (Å²) in [7, 11) is 0. The fraction of sp³-hybridized carbons (Fsp3) is 0.929. The van der Waals surface area contributed by atoms with Crippen LogP contribution in [-0.2, 0) is 4.74 Å². The third kappa shape index (κ3) is 4.92. The van der Waals surface area contributed by atoms with Gasteiger partial charge in [-0.15, -0.1) is 0 Å². The number of thiocarbonyl (C=S) groups is 1. The first-order valence-corrected chi connectivity index (χ1v) is 7.13. The molecule has 0 aromatic heterocycles. The molecule has 0 bridgehead atoms. The van der Waals surface area contributed by atoms with Crippen LogP contribution in [0.1, 0.15) is 53.4 Å². The van der Waals surface area contributed by atoms with Crippen LogP contribution >= 0.6 is 12.2 Å². The van der Waals surface area contributed by atoms with Crippen LogP contribution < -0.4 is 5.73 Å². The molecule has 2 nitrogen and oxygen atoms in total. The van der Waals surface area contributed by atoms with Gasteiger partial charge in [-0.3, -0.25) is 0 Å². The number of hydrogen-bond donors (Lipinski definition) is 1. The van der Waals surface area contributed by atoms with Crippen molar-refractivity contribution < 1.29 is 4.74 Å². The summed E-state index contributed by atoms with van der Waals surface area (Å²) in [4.78, 5) is 0.589. The number of hydrogen-bond acceptors (Lipinski definition) is 2. The predicted octanol–water partition coefficient (Wildman–Crippen LogP) is 3.53. The SMILES string of the molecule is CC1CC(C)CC(OCCC(C)(C)C(N)=S)C1. The van der Waals surface area contributed by atoms with Gasteiger partial charge in [0.15, 0.2) is 0 Å². The summed E-state index contributed by atoms with van der Waals surface area (Å²) < 4.78 is 5.99. The summed E-state index contributed by atoms with van der Waals surface area (Å²) in [5, 5.41) is 0. The Morgan fingerprint density at radius 2 is 1.76 bits per heavy atom. The molecule has 0 saturated heterocycles. The molecule has 1 aliphatic rings. The van der Waals surface area contributed by atoms with Gasteiger partial charge in [0.1, 0.15) is 0 Å². The van der Waals surface area contributed by atoms with Crippen molar-refractivity contribution in [2.24, 2.45) is 23.0 Å². The number of rotatable bonds is 5. The highest BCUT2D eigenvalue weighted by Crippen LogP contribution is 2.31. The Bertz CT molecular complexity index is 255. The smallest absolute Gasteiger partial charge is 0.0785 e. The summed E-state index contributed by atoms with van der Waals surface area (Å²) in [6.07, 6.45) is 5.12. The Kier molecular flexibility index (Phi) is 5.39. The average Bonchev–Trinajstić information content (AvgIpc) is 2.15. The summed E-state index contributed by atoms with van der Waals surface area (Å²) in [5.41, 5.74) is 5.63. The second-order valence-corrected chi connectivity index (χ2v) is 6.85. The number of nitrogens with two attached hydrogens (primary N) is 1. The molecule has 0 aromatic rings. The van der Waals surface area contributed by atoms with E-state index in [2.05, 4.69) is 27.7 Å². The third-order valence-corrected chi connectivity index (χ3v) is 4.44. The Morgan fingerprint density at radius 1 is 1.24 bits per heavy atom. The largest absolute Gasteiger partial charge is 0.393 e. The summed E-state index contributed by atoms with van der Waals surface area (Å²) in [6.45, 7) is 9.60. The van der Waals surface area contributed by atoms with Gasteiger partial charge < -0.3 is 10.5 Å². The van der Waals surface area contributed by atoms with Crippen molar-refractivity contribution in [3.05, 3.63) is 0 Å². The fourth-order valence-corrected chi connectivity index (χ4v) is 2.72. The van der Waals surface area contributed by atoms with E-state index in [1.54, 1.807) is 0 Å². The monoisotopic (exact) mass is 257 g/mol. The topological polar surface area (TPSA) is 35.2 Å². The summed E-state index contributed by atoms with van der Waals surface area (Å²) >= 11 is 5.06. The van der Waals surface area contributed by atoms with Crippen LogP contribution in [0.4, 0.5) is 0 Å². The van der Waals surface area contributed by atoms with E-state index in [0.29, 0.717) is 11.1 Å². The molecule has 1 fully saturated rings. The Hall–Kier alpha value is -0.150. The zero-order valence-corrected chi connectivity index (χ0v) is 12.5. The van der Waals surface area contributed by atoms with Crippen LogP contribution in [-0.4, -0.2) is 17.7 Å². The van der Waals surface area contributed by atoms with E-state index < -0.39 is 0 Å². The molecule has 3 heteroatoms. The molecular weight excluding hydrogens is 230 g/mol. The lowest BCUT2D eigenvalue weighted by molar-refractivity contribution is -0.00569. The normalized spacial score (nSPS) is 30.2. The molecule has 17 heavy (non-hydrogen) atoms. The molecule has 2 atom stereocenters. The average molecular weight is 257 g/mol. The van der Waals surface area contributed by atoms with E-state index in [1.807, 2.05) is 0 Å². The Morgan fingerprint density at radius 3 is 2.24 bits per heavy atom. The van der Waals surface area contributed by atoms with Crippen molar-refractivity contribution in [1.82, 2.24) is 0 Å². The number of ether oxygens (including phenoxy) is 1. The van der Waals surface area contributed by atoms with Crippen molar-refractivity contribution in [3.8, 4) is 0 Å². The fourth-order valence-electron chi connectivity index (χ4n) is 2.61. The maximum Gasteiger partial charge on any atom is 0.0785 e. The van der Waals surface area contributed by atoms with Gasteiger partial charge in [-0.2, -0.15) is 0 Å². The second kappa shape index (κ2) is 6.14. The molecule has 0 heterocycles. The summed E-state index contributed by atoms with van der Waals surface area (Å²) in [6, 6.07) is 0. The zero-order valence-electron chi connectivity index (χ0n) is 11.7. The maximum absolute atomic E-state index is 5.99. The van der Waals surface area contributed by atoms with Gasteiger partial charge in [0.25, 0.3) is 0 Å². The van der Waals surface area contributed by atoms with Gasteiger partial charge in [0.2, 0.25) is 0 Å². The molecule has 0 radical (unpaired) electrons. The van der Waals surface area contributed by atoms with Gasteiger partial charge in [0.05, 0.1) is 11.1 Å². The van der Waals surface area contributed by atoms with E-state index in [4.69, 9.17) is 22.7 Å². The first-order chi connectivity index (χ1) is 7.81. The van der Waals surface area contributed by atoms with Crippen LogP contribution in [0.15, 0.2) is 0 Å². The van der Waals surface area contributed by atoms with E-state index in [0.717, 1.165) is 24.9 Å². The van der Waals surface area contributed by atoms with Crippen molar-refractivity contribution >= 4 is 17.2 Å². The molecule has 1 aliphatic carbocycles. The Balaban J connectivity index is 2.29. The van der Waals surface area contributed by atoms with Crippen LogP contribution in [0.3, 0.4) is 0 Å². The van der Waals surface area contributed by atoms with Crippen LogP contribution in [0.2, 0.25) is 0 Å². The van der Waals surface area contributed by atoms with E-state index in [9.17, 15) is 0 Å². The molecular formula is C14H27NOS. The highest BCUT2D eigenvalue weighted by atomic mass is 32.1. The highest BCUT2D eigenvalue weighted by molar-refractivity contribution is 7.80. The quantitative estimate of drug-likeness (QED) is 0.765. The van der Waals surface area contributed by atoms with Gasteiger partial charge in [-0.25, -0.2) is 0 Å². The highest BCUT2D eigenvalue weighted by Gasteiger charge is 2.26. The van der Waals surface area contributed by atoms with Gasteiger partial charge in [-0.05, 0) is 37.5 Å². The second-order valence-electron chi connectivity index (χ2n) is 6.41. The lowest BCUT2D eigenvalue weighted by Crippen LogP contribution is -2.32. The molecule has 1 saturated carbocycles. The lowest BCUT2D eigenvalue weighted by atomic mass is 9.81. The van der Waals surface area contributed by atoms with Crippen molar-refractivity contribution in [2.75, 3.05) is 6.61 Å². The van der Waals surface area contributed by atoms with Gasteiger partial charge >= 0.3 is 0 Å². The van der Waals surface area contributed by atoms with Gasteiger partial charge in [-0.1, -0.05) is 39.9 Å². The molecule has 100 valence electrons.